The number of benzene rings is 2. The van der Waals surface area contributed by atoms with Gasteiger partial charge >= 0.3 is 0 Å². The first-order valence-electron chi connectivity index (χ1n) is 8.04. The topological polar surface area (TPSA) is 96.9 Å². The summed E-state index contributed by atoms with van der Waals surface area (Å²) >= 11 is 0. The highest BCUT2D eigenvalue weighted by Gasteiger charge is 2.09. The molecule has 0 heterocycles. The summed E-state index contributed by atoms with van der Waals surface area (Å²) in [6.07, 6.45) is -1.62. The van der Waals surface area contributed by atoms with Crippen LogP contribution >= 0.6 is 0 Å². The normalized spacial score (nSPS) is 10.1. The quantitative estimate of drug-likeness (QED) is 0.542. The molecule has 0 saturated heterocycles. The van der Waals surface area contributed by atoms with Crippen molar-refractivity contribution in [3.63, 3.8) is 0 Å². The standard InChI is InChI=1S/C19H21NO6/c1-3-25-16-6-4-5-13(10-16)17(21)11-20-15-7-8-18(24-2)14(9-15)12-26-19(22)23/h4-10,20H,3,11-12H2,1-2H3,(H,22,23)/p-1. The Hall–Kier alpha value is -3.22. The fourth-order valence-corrected chi connectivity index (χ4v) is 2.35. The van der Waals surface area contributed by atoms with Crippen LogP contribution in [0.15, 0.2) is 42.5 Å². The summed E-state index contributed by atoms with van der Waals surface area (Å²) < 4.78 is 15.0. The highest BCUT2D eigenvalue weighted by atomic mass is 16.7. The number of rotatable bonds is 9. The van der Waals surface area contributed by atoms with Crippen molar-refractivity contribution in [3.05, 3.63) is 53.6 Å². The van der Waals surface area contributed by atoms with E-state index in [1.807, 2.05) is 6.92 Å². The highest BCUT2D eigenvalue weighted by Crippen LogP contribution is 2.23. The number of Topliss-reactive ketones (excluding diaryl/α,β-unsaturated/α-hetero) is 1. The smallest absolute Gasteiger partial charge is 0.252 e. The zero-order chi connectivity index (χ0) is 18.9. The van der Waals surface area contributed by atoms with Gasteiger partial charge in [-0.05, 0) is 37.3 Å². The number of anilines is 1. The minimum Gasteiger partial charge on any atom is -0.545 e. The average Bonchev–Trinajstić information content (AvgIpc) is 2.65. The van der Waals surface area contributed by atoms with Crippen LogP contribution in [0.1, 0.15) is 22.8 Å². The molecule has 0 aliphatic carbocycles. The van der Waals surface area contributed by atoms with Gasteiger partial charge in [0.15, 0.2) is 5.78 Å². The van der Waals surface area contributed by atoms with E-state index >= 15 is 0 Å². The largest absolute Gasteiger partial charge is 0.545 e. The monoisotopic (exact) mass is 358 g/mol. The molecule has 1 N–H and O–H groups in total. The first kappa shape index (κ1) is 19.1. The Balaban J connectivity index is 2.04. The van der Waals surface area contributed by atoms with Crippen LogP contribution in [0.4, 0.5) is 10.5 Å². The van der Waals surface area contributed by atoms with E-state index in [4.69, 9.17) is 9.47 Å². The molecule has 0 fully saturated rings. The van der Waals surface area contributed by atoms with Gasteiger partial charge in [-0.2, -0.15) is 0 Å². The van der Waals surface area contributed by atoms with Crippen molar-refractivity contribution >= 4 is 17.6 Å². The van der Waals surface area contributed by atoms with Gasteiger partial charge < -0.3 is 29.4 Å². The van der Waals surface area contributed by atoms with Crippen LogP contribution in [0.2, 0.25) is 0 Å². The lowest BCUT2D eigenvalue weighted by molar-refractivity contribution is -0.284. The number of hydrogen-bond donors (Lipinski definition) is 1. The fraction of sp³-hybridized carbons (Fsp3) is 0.263. The van der Waals surface area contributed by atoms with Gasteiger partial charge in [-0.3, -0.25) is 4.79 Å². The van der Waals surface area contributed by atoms with Crippen LogP contribution in [0.5, 0.6) is 11.5 Å². The minimum absolute atomic E-state index is 0.0721. The van der Waals surface area contributed by atoms with Gasteiger partial charge in [-0.1, -0.05) is 12.1 Å². The van der Waals surface area contributed by atoms with Crippen molar-refractivity contribution in [1.82, 2.24) is 0 Å². The molecule has 0 bridgehead atoms. The molecule has 2 aromatic rings. The predicted octanol–water partition coefficient (Wildman–Crippen LogP) is 2.25. The summed E-state index contributed by atoms with van der Waals surface area (Å²) in [5.74, 6) is 1.02. The second-order valence-electron chi connectivity index (χ2n) is 5.30. The Kier molecular flexibility index (Phi) is 6.84. The summed E-state index contributed by atoms with van der Waals surface area (Å²) in [7, 11) is 1.47. The van der Waals surface area contributed by atoms with Crippen molar-refractivity contribution in [2.45, 2.75) is 13.5 Å². The van der Waals surface area contributed by atoms with E-state index in [1.165, 1.54) is 7.11 Å². The maximum atomic E-state index is 12.3. The fourth-order valence-electron chi connectivity index (χ4n) is 2.35. The van der Waals surface area contributed by atoms with Crippen LogP contribution in [0, 0.1) is 0 Å². The van der Waals surface area contributed by atoms with Crippen LogP contribution in [0.3, 0.4) is 0 Å². The third kappa shape index (κ3) is 5.41. The van der Waals surface area contributed by atoms with Crippen LogP contribution < -0.4 is 19.9 Å². The van der Waals surface area contributed by atoms with E-state index in [0.717, 1.165) is 0 Å². The van der Waals surface area contributed by atoms with Crippen molar-refractivity contribution in [2.75, 3.05) is 25.6 Å². The second kappa shape index (κ2) is 9.31. The summed E-state index contributed by atoms with van der Waals surface area (Å²) in [4.78, 5) is 22.8. The maximum absolute atomic E-state index is 12.3. The molecular formula is C19H20NO6-. The van der Waals surface area contributed by atoms with Crippen LogP contribution in [0.25, 0.3) is 0 Å². The lowest BCUT2D eigenvalue weighted by atomic mass is 10.1. The lowest BCUT2D eigenvalue weighted by Gasteiger charge is -2.14. The summed E-state index contributed by atoms with van der Waals surface area (Å²) in [6, 6.07) is 12.0. The predicted molar refractivity (Wildman–Crippen MR) is 93.6 cm³/mol. The van der Waals surface area contributed by atoms with Gasteiger partial charge in [-0.15, -0.1) is 0 Å². The molecule has 138 valence electrons. The molecule has 2 rings (SSSR count). The van der Waals surface area contributed by atoms with Crippen molar-refractivity contribution in [1.29, 1.82) is 0 Å². The molecule has 0 spiro atoms. The third-order valence-corrected chi connectivity index (χ3v) is 3.55. The first-order valence-corrected chi connectivity index (χ1v) is 8.04. The number of ketones is 1. The Morgan fingerprint density at radius 1 is 1.15 bits per heavy atom. The number of carbonyl (C=O) groups excluding carboxylic acids is 2. The van der Waals surface area contributed by atoms with Crippen molar-refractivity contribution in [3.8, 4) is 11.5 Å². The van der Waals surface area contributed by atoms with Gasteiger partial charge in [0, 0.05) is 16.8 Å². The first-order chi connectivity index (χ1) is 12.5. The van der Waals surface area contributed by atoms with E-state index in [1.54, 1.807) is 42.5 Å². The van der Waals surface area contributed by atoms with Gasteiger partial charge in [0.05, 0.1) is 26.9 Å². The Morgan fingerprint density at radius 2 is 1.96 bits per heavy atom. The molecule has 7 heteroatoms. The molecule has 0 radical (unpaired) electrons. The number of carboxylic acid groups (broad SMARTS) is 1. The number of nitrogens with one attached hydrogen (secondary N) is 1. The van der Waals surface area contributed by atoms with Gasteiger partial charge in [0.25, 0.3) is 6.16 Å². The Bertz CT molecular complexity index is 774. The van der Waals surface area contributed by atoms with Crippen molar-refractivity contribution < 1.29 is 28.9 Å². The van der Waals surface area contributed by atoms with E-state index in [2.05, 4.69) is 10.1 Å². The van der Waals surface area contributed by atoms with Crippen molar-refractivity contribution in [2.24, 2.45) is 0 Å². The minimum atomic E-state index is -1.62. The molecule has 0 atom stereocenters. The van der Waals surface area contributed by atoms with E-state index in [0.29, 0.717) is 34.9 Å². The molecule has 0 saturated carbocycles. The highest BCUT2D eigenvalue weighted by molar-refractivity contribution is 5.99. The molecular weight excluding hydrogens is 338 g/mol. The average molecular weight is 358 g/mol. The summed E-state index contributed by atoms with van der Waals surface area (Å²) in [6.45, 7) is 2.27. The van der Waals surface area contributed by atoms with Gasteiger partial charge in [0.1, 0.15) is 11.5 Å². The molecule has 0 aliphatic rings. The van der Waals surface area contributed by atoms with Gasteiger partial charge in [-0.25, -0.2) is 0 Å². The third-order valence-electron chi connectivity index (χ3n) is 3.55. The lowest BCUT2D eigenvalue weighted by Crippen LogP contribution is -2.23. The Morgan fingerprint density at radius 3 is 2.65 bits per heavy atom. The zero-order valence-corrected chi connectivity index (χ0v) is 14.6. The SMILES string of the molecule is CCOc1cccc(C(=O)CNc2ccc(OC)c(COC(=O)[O-])c2)c1. The van der Waals surface area contributed by atoms with Gasteiger partial charge in [0.2, 0.25) is 0 Å². The number of methoxy groups -OCH3 is 1. The van der Waals surface area contributed by atoms with E-state index in [-0.39, 0.29) is 18.9 Å². The number of ether oxygens (including phenoxy) is 3. The molecule has 0 amide bonds. The number of hydrogen-bond acceptors (Lipinski definition) is 7. The van der Waals surface area contributed by atoms with Crippen LogP contribution in [-0.2, 0) is 11.3 Å². The molecule has 0 aliphatic heterocycles. The molecule has 0 unspecified atom stereocenters. The molecule has 7 nitrogen and oxygen atoms in total. The Labute approximate surface area is 151 Å². The van der Waals surface area contributed by atoms with Crippen LogP contribution in [-0.4, -0.2) is 32.2 Å². The summed E-state index contributed by atoms with van der Waals surface area (Å²) in [5.41, 5.74) is 1.70. The summed E-state index contributed by atoms with van der Waals surface area (Å²) in [5, 5.41) is 13.5. The molecule has 26 heavy (non-hydrogen) atoms. The molecule has 2 aromatic carbocycles. The maximum Gasteiger partial charge on any atom is 0.252 e. The number of carbonyl (C=O) groups is 2. The zero-order valence-electron chi connectivity index (χ0n) is 14.6. The van der Waals surface area contributed by atoms with E-state index in [9.17, 15) is 14.7 Å². The second-order valence-corrected chi connectivity index (χ2v) is 5.30. The van der Waals surface area contributed by atoms with E-state index < -0.39 is 6.16 Å². The molecule has 0 aromatic heterocycles.